The van der Waals surface area contributed by atoms with E-state index in [0.717, 1.165) is 17.7 Å². The van der Waals surface area contributed by atoms with E-state index >= 15 is 0 Å². The molecule has 8 heteroatoms. The number of nitrogens with zero attached hydrogens (tertiary/aromatic N) is 3. The molecular formula is C22H28FN3O3S. The Bertz CT molecular complexity index is 941. The minimum atomic E-state index is -3.69. The number of rotatable bonds is 7. The van der Waals surface area contributed by atoms with E-state index in [-0.39, 0.29) is 36.5 Å². The molecule has 1 aliphatic heterocycles. The number of benzene rings is 2. The molecule has 1 saturated heterocycles. The third kappa shape index (κ3) is 5.44. The van der Waals surface area contributed by atoms with Crippen LogP contribution in [0, 0.1) is 5.82 Å². The Kier molecular flexibility index (Phi) is 7.23. The zero-order valence-electron chi connectivity index (χ0n) is 17.4. The number of carbonyl (C=O) groups is 1. The van der Waals surface area contributed by atoms with Crippen LogP contribution >= 0.6 is 0 Å². The van der Waals surface area contributed by atoms with Crippen LogP contribution in [0.25, 0.3) is 0 Å². The summed E-state index contributed by atoms with van der Waals surface area (Å²) in [7, 11) is -3.69. The first-order valence-corrected chi connectivity index (χ1v) is 11.5. The van der Waals surface area contributed by atoms with Crippen LogP contribution in [-0.2, 0) is 21.4 Å². The van der Waals surface area contributed by atoms with E-state index in [4.69, 9.17) is 0 Å². The third-order valence-corrected chi connectivity index (χ3v) is 7.25. The zero-order valence-corrected chi connectivity index (χ0v) is 18.2. The SMILES string of the molecule is CC(C)N(CC(=O)N1CCN(S(=O)(=O)c2ccc(F)cc2)CC1)Cc1ccccc1. The molecule has 30 heavy (non-hydrogen) atoms. The zero-order chi connectivity index (χ0) is 21.7. The Morgan fingerprint density at radius 3 is 2.17 bits per heavy atom. The molecule has 0 bridgehead atoms. The average Bonchev–Trinajstić information content (AvgIpc) is 2.74. The van der Waals surface area contributed by atoms with Gasteiger partial charge in [-0.3, -0.25) is 9.69 Å². The van der Waals surface area contributed by atoms with Gasteiger partial charge in [0.1, 0.15) is 5.82 Å². The van der Waals surface area contributed by atoms with E-state index in [0.29, 0.717) is 19.6 Å². The van der Waals surface area contributed by atoms with Gasteiger partial charge < -0.3 is 4.90 Å². The maximum absolute atomic E-state index is 13.1. The number of sulfonamides is 1. The molecule has 0 spiro atoms. The molecule has 0 saturated carbocycles. The molecular weight excluding hydrogens is 405 g/mol. The first-order valence-electron chi connectivity index (χ1n) is 10.1. The van der Waals surface area contributed by atoms with Crippen LogP contribution in [0.2, 0.25) is 0 Å². The average molecular weight is 434 g/mol. The number of halogens is 1. The van der Waals surface area contributed by atoms with Gasteiger partial charge in [0, 0.05) is 38.8 Å². The summed E-state index contributed by atoms with van der Waals surface area (Å²) in [4.78, 5) is 16.7. The van der Waals surface area contributed by atoms with Gasteiger partial charge in [-0.15, -0.1) is 0 Å². The molecule has 3 rings (SSSR count). The molecule has 0 aliphatic carbocycles. The van der Waals surface area contributed by atoms with E-state index in [1.165, 1.54) is 16.4 Å². The van der Waals surface area contributed by atoms with Crippen molar-refractivity contribution in [3.05, 3.63) is 66.0 Å². The van der Waals surface area contributed by atoms with Crippen molar-refractivity contribution in [2.75, 3.05) is 32.7 Å². The summed E-state index contributed by atoms with van der Waals surface area (Å²) < 4.78 is 39.9. The lowest BCUT2D eigenvalue weighted by molar-refractivity contribution is -0.134. The quantitative estimate of drug-likeness (QED) is 0.673. The topological polar surface area (TPSA) is 60.9 Å². The van der Waals surface area contributed by atoms with E-state index < -0.39 is 15.8 Å². The van der Waals surface area contributed by atoms with Gasteiger partial charge in [0.25, 0.3) is 0 Å². The lowest BCUT2D eigenvalue weighted by atomic mass is 10.2. The molecule has 1 amide bonds. The highest BCUT2D eigenvalue weighted by Crippen LogP contribution is 2.18. The minimum Gasteiger partial charge on any atom is -0.339 e. The highest BCUT2D eigenvalue weighted by Gasteiger charge is 2.30. The minimum absolute atomic E-state index is 0.00142. The van der Waals surface area contributed by atoms with Crippen molar-refractivity contribution < 1.29 is 17.6 Å². The van der Waals surface area contributed by atoms with Crippen LogP contribution in [0.1, 0.15) is 19.4 Å². The van der Waals surface area contributed by atoms with Crippen molar-refractivity contribution in [3.8, 4) is 0 Å². The van der Waals surface area contributed by atoms with Crippen molar-refractivity contribution >= 4 is 15.9 Å². The van der Waals surface area contributed by atoms with Crippen LogP contribution in [0.5, 0.6) is 0 Å². The smallest absolute Gasteiger partial charge is 0.243 e. The largest absolute Gasteiger partial charge is 0.339 e. The molecule has 0 aromatic heterocycles. The summed E-state index contributed by atoms with van der Waals surface area (Å²) in [5, 5.41) is 0. The van der Waals surface area contributed by atoms with Crippen LogP contribution < -0.4 is 0 Å². The second kappa shape index (κ2) is 9.68. The highest BCUT2D eigenvalue weighted by atomic mass is 32.2. The van der Waals surface area contributed by atoms with E-state index in [9.17, 15) is 17.6 Å². The van der Waals surface area contributed by atoms with Gasteiger partial charge in [0.05, 0.1) is 11.4 Å². The Labute approximate surface area is 177 Å². The fourth-order valence-corrected chi connectivity index (χ4v) is 4.87. The van der Waals surface area contributed by atoms with Gasteiger partial charge in [0.15, 0.2) is 0 Å². The maximum atomic E-state index is 13.1. The first-order chi connectivity index (χ1) is 14.3. The summed E-state index contributed by atoms with van der Waals surface area (Å²) in [5.74, 6) is -0.479. The van der Waals surface area contributed by atoms with E-state index in [1.54, 1.807) is 4.90 Å². The number of amides is 1. The molecule has 0 N–H and O–H groups in total. The van der Waals surface area contributed by atoms with Crippen molar-refractivity contribution in [1.29, 1.82) is 0 Å². The summed E-state index contributed by atoms with van der Waals surface area (Å²) in [6, 6.07) is 15.0. The molecule has 162 valence electrons. The normalized spacial score (nSPS) is 15.7. The van der Waals surface area contributed by atoms with Crippen LogP contribution in [0.3, 0.4) is 0 Å². The van der Waals surface area contributed by atoms with Gasteiger partial charge in [0.2, 0.25) is 15.9 Å². The van der Waals surface area contributed by atoms with Crippen LogP contribution in [-0.4, -0.2) is 67.2 Å². The lowest BCUT2D eigenvalue weighted by Crippen LogP contribution is -2.53. The second-order valence-corrected chi connectivity index (χ2v) is 9.66. The predicted molar refractivity (Wildman–Crippen MR) is 114 cm³/mol. The van der Waals surface area contributed by atoms with Gasteiger partial charge >= 0.3 is 0 Å². The van der Waals surface area contributed by atoms with Crippen molar-refractivity contribution in [3.63, 3.8) is 0 Å². The standard InChI is InChI=1S/C22H28FN3O3S/c1-18(2)25(16-19-6-4-3-5-7-19)17-22(27)24-12-14-26(15-13-24)30(28,29)21-10-8-20(23)9-11-21/h3-11,18H,12-17H2,1-2H3. The Morgan fingerprint density at radius 1 is 1.00 bits per heavy atom. The predicted octanol–water partition coefficient (Wildman–Crippen LogP) is 2.57. The van der Waals surface area contributed by atoms with Gasteiger partial charge in [-0.2, -0.15) is 4.31 Å². The summed E-state index contributed by atoms with van der Waals surface area (Å²) in [6.45, 7) is 6.23. The Balaban J connectivity index is 1.58. The molecule has 0 unspecified atom stereocenters. The number of hydrogen-bond acceptors (Lipinski definition) is 4. The van der Waals surface area contributed by atoms with Gasteiger partial charge in [-0.1, -0.05) is 30.3 Å². The van der Waals surface area contributed by atoms with Crippen LogP contribution in [0.4, 0.5) is 4.39 Å². The fraction of sp³-hybridized carbons (Fsp3) is 0.409. The Morgan fingerprint density at radius 2 is 1.60 bits per heavy atom. The monoisotopic (exact) mass is 433 g/mol. The molecule has 1 aliphatic rings. The number of piperazine rings is 1. The van der Waals surface area contributed by atoms with Crippen molar-refractivity contribution in [1.82, 2.24) is 14.1 Å². The summed E-state index contributed by atoms with van der Waals surface area (Å²) >= 11 is 0. The summed E-state index contributed by atoms with van der Waals surface area (Å²) in [5.41, 5.74) is 1.15. The second-order valence-electron chi connectivity index (χ2n) is 7.72. The van der Waals surface area contributed by atoms with Crippen molar-refractivity contribution in [2.24, 2.45) is 0 Å². The molecule has 1 fully saturated rings. The molecule has 2 aromatic rings. The molecule has 2 aromatic carbocycles. The van der Waals surface area contributed by atoms with Crippen molar-refractivity contribution in [2.45, 2.75) is 31.3 Å². The Hall–Kier alpha value is -2.29. The maximum Gasteiger partial charge on any atom is 0.243 e. The fourth-order valence-electron chi connectivity index (χ4n) is 3.45. The molecule has 6 nitrogen and oxygen atoms in total. The highest BCUT2D eigenvalue weighted by molar-refractivity contribution is 7.89. The van der Waals surface area contributed by atoms with Crippen LogP contribution in [0.15, 0.2) is 59.5 Å². The number of carbonyl (C=O) groups excluding carboxylic acids is 1. The van der Waals surface area contributed by atoms with Gasteiger partial charge in [-0.05, 0) is 43.7 Å². The first kappa shape index (κ1) is 22.4. The molecule has 0 atom stereocenters. The molecule has 0 radical (unpaired) electrons. The lowest BCUT2D eigenvalue weighted by Gasteiger charge is -2.36. The van der Waals surface area contributed by atoms with E-state index in [1.807, 2.05) is 30.3 Å². The van der Waals surface area contributed by atoms with E-state index in [2.05, 4.69) is 18.7 Å². The molecule has 1 heterocycles. The summed E-state index contributed by atoms with van der Waals surface area (Å²) in [6.07, 6.45) is 0. The third-order valence-electron chi connectivity index (χ3n) is 5.34. The van der Waals surface area contributed by atoms with Gasteiger partial charge in [-0.25, -0.2) is 12.8 Å². The number of hydrogen-bond donors (Lipinski definition) is 0.